The summed E-state index contributed by atoms with van der Waals surface area (Å²) in [6.07, 6.45) is 0. The highest BCUT2D eigenvalue weighted by Crippen LogP contribution is 2.36. The van der Waals surface area contributed by atoms with E-state index in [1.54, 1.807) is 22.7 Å². The van der Waals surface area contributed by atoms with Crippen molar-refractivity contribution in [2.45, 2.75) is 5.16 Å². The Bertz CT molecular complexity index is 1280. The number of carbonyl (C=O) groups is 1. The maximum absolute atomic E-state index is 12.8. The molecule has 0 saturated heterocycles. The van der Waals surface area contributed by atoms with Crippen molar-refractivity contribution in [1.82, 2.24) is 19.1 Å². The molecular weight excluding hydrogens is 442 g/mol. The summed E-state index contributed by atoms with van der Waals surface area (Å²) in [6, 6.07) is 7.92. The van der Waals surface area contributed by atoms with Gasteiger partial charge in [-0.25, -0.2) is 9.78 Å². The molecule has 0 aliphatic heterocycles. The van der Waals surface area contributed by atoms with Crippen LogP contribution in [0.2, 0.25) is 0 Å². The molecule has 8 nitrogen and oxygen atoms in total. The smallest absolute Gasteiger partial charge is 0.332 e. The lowest BCUT2D eigenvalue weighted by molar-refractivity contribution is 0.102. The van der Waals surface area contributed by atoms with Crippen LogP contribution in [0.3, 0.4) is 0 Å². The molecule has 3 N–H and O–H groups in total. The zero-order valence-electron chi connectivity index (χ0n) is 16.0. The van der Waals surface area contributed by atoms with Gasteiger partial charge in [0.2, 0.25) is 0 Å². The largest absolute Gasteiger partial charge is 0.384 e. The number of anilines is 1. The number of ketones is 1. The molecule has 4 heterocycles. The molecule has 0 aromatic carbocycles. The van der Waals surface area contributed by atoms with Crippen LogP contribution >= 0.6 is 34.4 Å². The number of rotatable bonds is 6. The zero-order valence-corrected chi connectivity index (χ0v) is 18.5. The molecule has 0 unspecified atom stereocenters. The second kappa shape index (κ2) is 8.09. The lowest BCUT2D eigenvalue weighted by atomic mass is 10.2. The molecule has 4 aromatic heterocycles. The van der Waals surface area contributed by atoms with E-state index in [0.717, 1.165) is 30.3 Å². The molecule has 4 rings (SSSR count). The number of nitrogens with zero attached hydrogens (tertiary/aromatic N) is 3. The molecule has 4 aromatic rings. The van der Waals surface area contributed by atoms with Gasteiger partial charge in [0, 0.05) is 14.1 Å². The number of thioether (sulfide) groups is 1. The highest BCUT2D eigenvalue weighted by molar-refractivity contribution is 7.99. The summed E-state index contributed by atoms with van der Waals surface area (Å²) in [5.41, 5.74) is 6.13. The Morgan fingerprint density at radius 2 is 1.80 bits per heavy atom. The summed E-state index contributed by atoms with van der Waals surface area (Å²) in [4.78, 5) is 47.1. The van der Waals surface area contributed by atoms with Crippen LogP contribution in [-0.2, 0) is 14.1 Å². The molecule has 0 bridgehead atoms. The van der Waals surface area contributed by atoms with Gasteiger partial charge in [-0.1, -0.05) is 23.9 Å². The Morgan fingerprint density at radius 1 is 1.13 bits per heavy atom. The van der Waals surface area contributed by atoms with Gasteiger partial charge in [-0.3, -0.25) is 18.7 Å². The molecule has 0 aliphatic carbocycles. The van der Waals surface area contributed by atoms with Crippen molar-refractivity contribution in [2.24, 2.45) is 14.1 Å². The number of aromatic amines is 1. The number of Topliss-reactive ketones (excluding diaryl/α,β-unsaturated/α-hetero) is 1. The zero-order chi connectivity index (χ0) is 21.4. The van der Waals surface area contributed by atoms with Crippen LogP contribution in [0.4, 0.5) is 5.82 Å². The molecule has 0 saturated carbocycles. The van der Waals surface area contributed by atoms with Crippen LogP contribution < -0.4 is 17.0 Å². The topological polar surface area (TPSA) is 116 Å². The monoisotopic (exact) mass is 459 g/mol. The van der Waals surface area contributed by atoms with Gasteiger partial charge in [-0.05, 0) is 22.9 Å². The van der Waals surface area contributed by atoms with Gasteiger partial charge in [0.1, 0.15) is 17.1 Å². The Labute approximate surface area is 183 Å². The quantitative estimate of drug-likeness (QED) is 0.338. The summed E-state index contributed by atoms with van der Waals surface area (Å²) in [7, 11) is 2.75. The van der Waals surface area contributed by atoms with E-state index in [9.17, 15) is 14.4 Å². The fourth-order valence-corrected chi connectivity index (χ4v) is 5.13. The average molecular weight is 460 g/mol. The van der Waals surface area contributed by atoms with Crippen LogP contribution in [0.25, 0.3) is 21.1 Å². The van der Waals surface area contributed by atoms with Crippen LogP contribution in [0.5, 0.6) is 0 Å². The van der Waals surface area contributed by atoms with Gasteiger partial charge in [-0.15, -0.1) is 22.7 Å². The third-order valence-electron chi connectivity index (χ3n) is 4.53. The van der Waals surface area contributed by atoms with E-state index in [2.05, 4.69) is 9.97 Å². The summed E-state index contributed by atoms with van der Waals surface area (Å²) in [5.74, 6) is -0.633. The summed E-state index contributed by atoms with van der Waals surface area (Å²) in [5, 5.41) is 4.54. The minimum Gasteiger partial charge on any atom is -0.384 e. The van der Waals surface area contributed by atoms with Crippen molar-refractivity contribution < 1.29 is 4.79 Å². The molecule has 0 atom stereocenters. The number of hydrogen-bond donors (Lipinski definition) is 2. The standard InChI is InChI=1S/C19H17N5O3S3/c1-23-16(20)13(17(26)24(2)19(23)27)10(25)9-30-18-21-14(11-5-3-7-28-11)15(22-18)12-6-4-8-29-12/h3-8H,9,20H2,1-2H3,(H,21,22). The molecule has 0 spiro atoms. The van der Waals surface area contributed by atoms with Crippen molar-refractivity contribution in [2.75, 3.05) is 11.5 Å². The predicted octanol–water partition coefficient (Wildman–Crippen LogP) is 2.82. The second-order valence-electron chi connectivity index (χ2n) is 6.40. The number of carbonyl (C=O) groups excluding carboxylic acids is 1. The highest BCUT2D eigenvalue weighted by atomic mass is 32.2. The lowest BCUT2D eigenvalue weighted by Gasteiger charge is -2.10. The molecule has 154 valence electrons. The van der Waals surface area contributed by atoms with E-state index in [4.69, 9.17) is 5.73 Å². The van der Waals surface area contributed by atoms with Crippen LogP contribution in [0.15, 0.2) is 49.8 Å². The first-order valence-corrected chi connectivity index (χ1v) is 11.5. The van der Waals surface area contributed by atoms with Gasteiger partial charge >= 0.3 is 5.69 Å². The fraction of sp³-hybridized carbons (Fsp3) is 0.158. The van der Waals surface area contributed by atoms with Crippen molar-refractivity contribution in [3.05, 3.63) is 61.4 Å². The van der Waals surface area contributed by atoms with E-state index in [0.29, 0.717) is 5.16 Å². The minimum atomic E-state index is -0.695. The van der Waals surface area contributed by atoms with E-state index >= 15 is 0 Å². The SMILES string of the molecule is Cn1c(N)c(C(=O)CSc2nc(-c3cccs3)c(-c3cccs3)[nH]2)c(=O)n(C)c1=O. The predicted molar refractivity (Wildman–Crippen MR) is 122 cm³/mol. The van der Waals surface area contributed by atoms with Crippen molar-refractivity contribution in [3.63, 3.8) is 0 Å². The Balaban J connectivity index is 1.64. The van der Waals surface area contributed by atoms with Crippen molar-refractivity contribution >= 4 is 46.0 Å². The average Bonchev–Trinajstić information content (AvgIpc) is 3.49. The molecule has 0 radical (unpaired) electrons. The van der Waals surface area contributed by atoms with E-state index < -0.39 is 17.0 Å². The number of H-pyrrole nitrogens is 1. The number of hydrogen-bond acceptors (Lipinski definition) is 8. The van der Waals surface area contributed by atoms with E-state index in [1.165, 1.54) is 25.9 Å². The maximum atomic E-state index is 12.8. The summed E-state index contributed by atoms with van der Waals surface area (Å²) in [6.45, 7) is 0. The number of thiophene rings is 2. The van der Waals surface area contributed by atoms with Gasteiger partial charge in [0.25, 0.3) is 5.56 Å². The van der Waals surface area contributed by atoms with Crippen molar-refractivity contribution in [3.8, 4) is 21.1 Å². The summed E-state index contributed by atoms with van der Waals surface area (Å²) < 4.78 is 1.97. The first-order chi connectivity index (χ1) is 14.4. The maximum Gasteiger partial charge on any atom is 0.332 e. The Hall–Kier alpha value is -2.89. The van der Waals surface area contributed by atoms with E-state index in [-0.39, 0.29) is 17.1 Å². The Kier molecular flexibility index (Phi) is 5.50. The first kappa shape index (κ1) is 20.4. The molecule has 30 heavy (non-hydrogen) atoms. The van der Waals surface area contributed by atoms with Crippen LogP contribution in [0.1, 0.15) is 10.4 Å². The van der Waals surface area contributed by atoms with E-state index in [1.807, 2.05) is 35.0 Å². The number of nitrogen functional groups attached to an aromatic ring is 1. The van der Waals surface area contributed by atoms with Gasteiger partial charge < -0.3 is 10.7 Å². The van der Waals surface area contributed by atoms with Crippen LogP contribution in [-0.4, -0.2) is 30.6 Å². The van der Waals surface area contributed by atoms with Crippen molar-refractivity contribution in [1.29, 1.82) is 0 Å². The van der Waals surface area contributed by atoms with Crippen LogP contribution in [0, 0.1) is 0 Å². The third kappa shape index (κ3) is 3.55. The first-order valence-electron chi connectivity index (χ1n) is 8.77. The third-order valence-corrected chi connectivity index (χ3v) is 7.17. The van der Waals surface area contributed by atoms with Gasteiger partial charge in [0.05, 0.1) is 21.2 Å². The summed E-state index contributed by atoms with van der Waals surface area (Å²) >= 11 is 4.37. The normalized spacial score (nSPS) is 11.1. The number of nitrogens with one attached hydrogen (secondary N) is 1. The molecule has 0 amide bonds. The number of aromatic nitrogens is 4. The minimum absolute atomic E-state index is 0.0427. The van der Waals surface area contributed by atoms with Gasteiger partial charge in [0.15, 0.2) is 10.9 Å². The molecular formula is C19H17N5O3S3. The molecule has 11 heteroatoms. The Morgan fingerprint density at radius 3 is 2.43 bits per heavy atom. The molecule has 0 aliphatic rings. The lowest BCUT2D eigenvalue weighted by Crippen LogP contribution is -2.41. The second-order valence-corrected chi connectivity index (χ2v) is 9.26. The molecule has 0 fully saturated rings. The number of nitrogens with two attached hydrogens (primary N) is 1. The highest BCUT2D eigenvalue weighted by Gasteiger charge is 2.22. The van der Waals surface area contributed by atoms with Gasteiger partial charge in [-0.2, -0.15) is 0 Å². The number of imidazole rings is 1. The fourth-order valence-electron chi connectivity index (χ4n) is 2.94.